The second-order valence-corrected chi connectivity index (χ2v) is 2.66. The molecule has 0 aromatic carbocycles. The van der Waals surface area contributed by atoms with E-state index in [2.05, 4.69) is 25.4 Å². The minimum atomic E-state index is -0.481. The van der Waals surface area contributed by atoms with Crippen molar-refractivity contribution < 1.29 is 13.9 Å². The van der Waals surface area contributed by atoms with Gasteiger partial charge in [0.1, 0.15) is 0 Å². The molecule has 15 heavy (non-hydrogen) atoms. The summed E-state index contributed by atoms with van der Waals surface area (Å²) in [4.78, 5) is 11.4. The Balaban J connectivity index is 1.96. The number of anilines is 1. The zero-order valence-corrected chi connectivity index (χ0v) is 7.51. The number of nitrogens with one attached hydrogen (secondary N) is 1. The molecule has 0 aliphatic rings. The summed E-state index contributed by atoms with van der Waals surface area (Å²) in [5.41, 5.74) is 5.28. The number of hydrogen-bond acceptors (Lipinski definition) is 7. The van der Waals surface area contributed by atoms with Gasteiger partial charge in [-0.25, -0.2) is 4.63 Å². The average Bonchev–Trinajstić information content (AvgIpc) is 2.84. The first-order valence-electron chi connectivity index (χ1n) is 4.03. The van der Waals surface area contributed by atoms with Gasteiger partial charge in [0, 0.05) is 6.07 Å². The van der Waals surface area contributed by atoms with Gasteiger partial charge in [-0.3, -0.25) is 4.79 Å². The van der Waals surface area contributed by atoms with E-state index in [-0.39, 0.29) is 18.1 Å². The Bertz CT molecular complexity index is 449. The molecule has 0 radical (unpaired) electrons. The Morgan fingerprint density at radius 2 is 2.40 bits per heavy atom. The standard InChI is InChI=1S/C7H7N5O3/c8-6-5(11-15-12-6)7(13)9-3-4-1-2-10-14-4/h1-2H,3H2,(H2,8,12)(H,9,13). The number of aromatic nitrogens is 3. The molecule has 2 aromatic rings. The molecule has 8 nitrogen and oxygen atoms in total. The van der Waals surface area contributed by atoms with Crippen LogP contribution < -0.4 is 11.1 Å². The van der Waals surface area contributed by atoms with Crippen LogP contribution in [-0.4, -0.2) is 21.4 Å². The van der Waals surface area contributed by atoms with E-state index in [1.165, 1.54) is 6.20 Å². The smallest absolute Gasteiger partial charge is 0.277 e. The third-order valence-electron chi connectivity index (χ3n) is 1.64. The Hall–Kier alpha value is -2.38. The predicted octanol–water partition coefficient (Wildman–Crippen LogP) is -0.430. The van der Waals surface area contributed by atoms with Gasteiger partial charge in [-0.2, -0.15) is 0 Å². The van der Waals surface area contributed by atoms with Gasteiger partial charge < -0.3 is 15.6 Å². The van der Waals surface area contributed by atoms with Crippen LogP contribution in [0.2, 0.25) is 0 Å². The molecule has 8 heteroatoms. The number of nitrogens with zero attached hydrogens (tertiary/aromatic N) is 3. The zero-order chi connectivity index (χ0) is 10.7. The topological polar surface area (TPSA) is 120 Å². The van der Waals surface area contributed by atoms with Crippen LogP contribution in [0.4, 0.5) is 5.82 Å². The number of nitrogen functional groups attached to an aromatic ring is 1. The lowest BCUT2D eigenvalue weighted by Gasteiger charge is -1.98. The summed E-state index contributed by atoms with van der Waals surface area (Å²) in [6.45, 7) is 0.200. The highest BCUT2D eigenvalue weighted by atomic mass is 16.6. The van der Waals surface area contributed by atoms with E-state index in [9.17, 15) is 4.79 Å². The van der Waals surface area contributed by atoms with Crippen molar-refractivity contribution >= 4 is 11.7 Å². The van der Waals surface area contributed by atoms with E-state index < -0.39 is 5.91 Å². The molecule has 78 valence electrons. The molecule has 0 saturated carbocycles. The first-order valence-corrected chi connectivity index (χ1v) is 4.03. The predicted molar refractivity (Wildman–Crippen MR) is 46.4 cm³/mol. The summed E-state index contributed by atoms with van der Waals surface area (Å²) in [5, 5.41) is 12.6. The van der Waals surface area contributed by atoms with Crippen LogP contribution in [0.15, 0.2) is 21.4 Å². The summed E-state index contributed by atoms with van der Waals surface area (Å²) in [5.74, 6) is -0.00593. The molecule has 0 bridgehead atoms. The van der Waals surface area contributed by atoms with Gasteiger partial charge in [0.2, 0.25) is 11.5 Å². The maximum atomic E-state index is 11.4. The second kappa shape index (κ2) is 3.78. The van der Waals surface area contributed by atoms with Gasteiger partial charge in [0.05, 0.1) is 12.7 Å². The normalized spacial score (nSPS) is 10.1. The molecular formula is C7H7N5O3. The summed E-state index contributed by atoms with van der Waals surface area (Å²) < 4.78 is 9.06. The molecular weight excluding hydrogens is 202 g/mol. The van der Waals surface area contributed by atoms with E-state index in [1.54, 1.807) is 6.07 Å². The number of carbonyl (C=O) groups is 1. The third kappa shape index (κ3) is 1.93. The van der Waals surface area contributed by atoms with E-state index in [1.807, 2.05) is 0 Å². The summed E-state index contributed by atoms with van der Waals surface area (Å²) in [6, 6.07) is 1.63. The van der Waals surface area contributed by atoms with Crippen molar-refractivity contribution in [1.29, 1.82) is 0 Å². The minimum absolute atomic E-state index is 0.0467. The van der Waals surface area contributed by atoms with Crippen molar-refractivity contribution in [3.8, 4) is 0 Å². The highest BCUT2D eigenvalue weighted by Crippen LogP contribution is 2.04. The number of nitrogens with two attached hydrogens (primary N) is 1. The first-order chi connectivity index (χ1) is 7.27. The van der Waals surface area contributed by atoms with E-state index >= 15 is 0 Å². The zero-order valence-electron chi connectivity index (χ0n) is 7.51. The summed E-state index contributed by atoms with van der Waals surface area (Å²) in [7, 11) is 0. The summed E-state index contributed by atoms with van der Waals surface area (Å²) in [6.07, 6.45) is 1.48. The maximum absolute atomic E-state index is 11.4. The fraction of sp³-hybridized carbons (Fsp3) is 0.143. The molecule has 2 heterocycles. The molecule has 0 aliphatic heterocycles. The molecule has 0 unspecified atom stereocenters. The lowest BCUT2D eigenvalue weighted by atomic mass is 10.4. The van der Waals surface area contributed by atoms with Crippen molar-refractivity contribution in [3.63, 3.8) is 0 Å². The monoisotopic (exact) mass is 209 g/mol. The van der Waals surface area contributed by atoms with E-state index in [4.69, 9.17) is 10.3 Å². The lowest BCUT2D eigenvalue weighted by Crippen LogP contribution is -2.23. The Morgan fingerprint density at radius 3 is 3.00 bits per heavy atom. The molecule has 1 amide bonds. The van der Waals surface area contributed by atoms with Gasteiger partial charge in [-0.15, -0.1) is 0 Å². The van der Waals surface area contributed by atoms with Gasteiger partial charge >= 0.3 is 0 Å². The van der Waals surface area contributed by atoms with Crippen molar-refractivity contribution in [2.75, 3.05) is 5.73 Å². The highest BCUT2D eigenvalue weighted by Gasteiger charge is 2.15. The Labute approximate surface area is 83.4 Å². The lowest BCUT2D eigenvalue weighted by molar-refractivity contribution is 0.0938. The van der Waals surface area contributed by atoms with Crippen molar-refractivity contribution in [3.05, 3.63) is 23.7 Å². The average molecular weight is 209 g/mol. The number of amides is 1. The maximum Gasteiger partial charge on any atom is 0.277 e. The number of carbonyl (C=O) groups excluding carboxylic acids is 1. The summed E-state index contributed by atoms with van der Waals surface area (Å²) >= 11 is 0. The van der Waals surface area contributed by atoms with E-state index in [0.717, 1.165) is 0 Å². The van der Waals surface area contributed by atoms with Gasteiger partial charge in [0.15, 0.2) is 5.76 Å². The molecule has 3 N–H and O–H groups in total. The minimum Gasteiger partial charge on any atom is -0.379 e. The van der Waals surface area contributed by atoms with Crippen LogP contribution in [0, 0.1) is 0 Å². The van der Waals surface area contributed by atoms with Gasteiger partial charge in [-0.1, -0.05) is 5.16 Å². The van der Waals surface area contributed by atoms with Crippen LogP contribution in [0.25, 0.3) is 0 Å². The fourth-order valence-electron chi connectivity index (χ4n) is 0.937. The highest BCUT2D eigenvalue weighted by molar-refractivity contribution is 5.95. The van der Waals surface area contributed by atoms with Crippen LogP contribution in [0.3, 0.4) is 0 Å². The molecule has 0 aliphatic carbocycles. The van der Waals surface area contributed by atoms with Crippen LogP contribution in [-0.2, 0) is 6.54 Å². The van der Waals surface area contributed by atoms with Crippen molar-refractivity contribution in [2.24, 2.45) is 0 Å². The first kappa shape index (κ1) is 9.19. The Morgan fingerprint density at radius 1 is 1.53 bits per heavy atom. The van der Waals surface area contributed by atoms with Crippen molar-refractivity contribution in [2.45, 2.75) is 6.54 Å². The molecule has 0 fully saturated rings. The van der Waals surface area contributed by atoms with Crippen molar-refractivity contribution in [1.82, 2.24) is 20.8 Å². The van der Waals surface area contributed by atoms with Gasteiger partial charge in [0.25, 0.3) is 5.91 Å². The molecule has 0 saturated heterocycles. The van der Waals surface area contributed by atoms with Crippen LogP contribution in [0.1, 0.15) is 16.2 Å². The van der Waals surface area contributed by atoms with E-state index in [0.29, 0.717) is 5.76 Å². The largest absolute Gasteiger partial charge is 0.379 e. The van der Waals surface area contributed by atoms with Crippen LogP contribution >= 0.6 is 0 Å². The number of rotatable bonds is 3. The second-order valence-electron chi connectivity index (χ2n) is 2.66. The van der Waals surface area contributed by atoms with Crippen LogP contribution in [0.5, 0.6) is 0 Å². The van der Waals surface area contributed by atoms with Gasteiger partial charge in [-0.05, 0) is 10.3 Å². The Kier molecular flexibility index (Phi) is 2.31. The molecule has 2 rings (SSSR count). The number of hydrogen-bond donors (Lipinski definition) is 2. The SMILES string of the molecule is Nc1nonc1C(=O)NCc1ccno1. The third-order valence-corrected chi connectivity index (χ3v) is 1.64. The molecule has 2 aromatic heterocycles. The fourth-order valence-corrected chi connectivity index (χ4v) is 0.937. The molecule has 0 atom stereocenters. The quantitative estimate of drug-likeness (QED) is 0.703. The molecule has 0 spiro atoms.